The molecule has 0 aliphatic heterocycles. The first-order valence-corrected chi connectivity index (χ1v) is 10.8. The van der Waals surface area contributed by atoms with Gasteiger partial charge in [-0.15, -0.1) is 0 Å². The van der Waals surface area contributed by atoms with Crippen molar-refractivity contribution in [2.45, 2.75) is 0 Å². The zero-order valence-electron chi connectivity index (χ0n) is 19.7. The van der Waals surface area contributed by atoms with Crippen molar-refractivity contribution < 1.29 is 28.7 Å². The largest absolute Gasteiger partial charge is 0.464 e. The molecule has 0 saturated heterocycles. The van der Waals surface area contributed by atoms with Crippen LogP contribution in [0.5, 0.6) is 0 Å². The molecule has 0 radical (unpaired) electrons. The lowest BCUT2D eigenvalue weighted by molar-refractivity contribution is -0.137. The van der Waals surface area contributed by atoms with Gasteiger partial charge in [0.1, 0.15) is 11.4 Å². The summed E-state index contributed by atoms with van der Waals surface area (Å²) in [5.41, 5.74) is 1.88. The van der Waals surface area contributed by atoms with Gasteiger partial charge in [0.05, 0.1) is 14.2 Å². The molecule has 3 aromatic carbocycles. The third-order valence-electron chi connectivity index (χ3n) is 4.94. The lowest BCUT2D eigenvalue weighted by Crippen LogP contribution is -2.28. The van der Waals surface area contributed by atoms with Gasteiger partial charge in [-0.2, -0.15) is 0 Å². The van der Waals surface area contributed by atoms with Gasteiger partial charge in [0.25, 0.3) is 11.8 Å². The molecule has 0 aliphatic carbocycles. The van der Waals surface area contributed by atoms with E-state index in [0.29, 0.717) is 22.3 Å². The standard InChI is InChI=1S/C28H24N2O6/c1-35-27(33)23(29-25(31)21-9-5-3-6-10-21)17-19-13-15-20(16-14-19)18-24(28(34)36-2)30-26(32)22-11-7-4-8-12-22/h3-18H,1-2H3,(H,29,31)(H,30,32). The van der Waals surface area contributed by atoms with E-state index >= 15 is 0 Å². The van der Waals surface area contributed by atoms with Crippen LogP contribution in [0.25, 0.3) is 12.2 Å². The molecule has 0 fully saturated rings. The minimum atomic E-state index is -0.708. The van der Waals surface area contributed by atoms with E-state index in [9.17, 15) is 19.2 Å². The summed E-state index contributed by atoms with van der Waals surface area (Å²) in [7, 11) is 2.44. The summed E-state index contributed by atoms with van der Waals surface area (Å²) in [5.74, 6) is -2.33. The second-order valence-corrected chi connectivity index (χ2v) is 7.41. The molecule has 0 atom stereocenters. The van der Waals surface area contributed by atoms with Crippen LogP contribution < -0.4 is 10.6 Å². The monoisotopic (exact) mass is 484 g/mol. The lowest BCUT2D eigenvalue weighted by Gasteiger charge is -2.09. The summed E-state index contributed by atoms with van der Waals surface area (Å²) in [6.07, 6.45) is 2.94. The number of rotatable bonds is 8. The first-order valence-electron chi connectivity index (χ1n) is 10.8. The van der Waals surface area contributed by atoms with Crippen molar-refractivity contribution in [3.05, 3.63) is 119 Å². The second kappa shape index (κ2) is 12.5. The highest BCUT2D eigenvalue weighted by Gasteiger charge is 2.16. The maximum Gasteiger partial charge on any atom is 0.354 e. The van der Waals surface area contributed by atoms with Crippen molar-refractivity contribution in [1.29, 1.82) is 0 Å². The quantitative estimate of drug-likeness (QED) is 0.374. The van der Waals surface area contributed by atoms with Crippen molar-refractivity contribution in [2.75, 3.05) is 14.2 Å². The predicted molar refractivity (Wildman–Crippen MR) is 134 cm³/mol. The summed E-state index contributed by atoms with van der Waals surface area (Å²) in [6, 6.07) is 23.6. The fourth-order valence-corrected chi connectivity index (χ4v) is 3.10. The van der Waals surface area contributed by atoms with Crippen molar-refractivity contribution in [3.8, 4) is 0 Å². The highest BCUT2D eigenvalue weighted by atomic mass is 16.5. The number of hydrogen-bond acceptors (Lipinski definition) is 6. The van der Waals surface area contributed by atoms with Crippen LogP contribution in [0.3, 0.4) is 0 Å². The molecule has 2 amide bonds. The molecule has 0 unspecified atom stereocenters. The van der Waals surface area contributed by atoms with E-state index in [2.05, 4.69) is 10.6 Å². The second-order valence-electron chi connectivity index (χ2n) is 7.41. The third-order valence-corrected chi connectivity index (χ3v) is 4.94. The van der Waals surface area contributed by atoms with Gasteiger partial charge in [-0.3, -0.25) is 9.59 Å². The van der Waals surface area contributed by atoms with E-state index in [1.165, 1.54) is 26.4 Å². The zero-order valence-corrected chi connectivity index (χ0v) is 19.7. The van der Waals surface area contributed by atoms with Crippen LogP contribution in [0.1, 0.15) is 31.8 Å². The molecule has 8 nitrogen and oxygen atoms in total. The van der Waals surface area contributed by atoms with Crippen LogP contribution >= 0.6 is 0 Å². The Kier molecular flexibility index (Phi) is 8.88. The minimum Gasteiger partial charge on any atom is -0.464 e. The Morgan fingerprint density at radius 3 is 1.19 bits per heavy atom. The fourth-order valence-electron chi connectivity index (χ4n) is 3.10. The molecule has 3 rings (SSSR count). The molecule has 182 valence electrons. The van der Waals surface area contributed by atoms with Crippen molar-refractivity contribution in [3.63, 3.8) is 0 Å². The minimum absolute atomic E-state index is 0.0416. The van der Waals surface area contributed by atoms with Gasteiger partial charge in [0, 0.05) is 11.1 Å². The lowest BCUT2D eigenvalue weighted by atomic mass is 10.1. The van der Waals surface area contributed by atoms with Gasteiger partial charge in [0.2, 0.25) is 0 Å². The fraction of sp³-hybridized carbons (Fsp3) is 0.0714. The van der Waals surface area contributed by atoms with E-state index in [0.717, 1.165) is 0 Å². The number of carbonyl (C=O) groups is 4. The van der Waals surface area contributed by atoms with Crippen LogP contribution in [0.4, 0.5) is 0 Å². The van der Waals surface area contributed by atoms with Gasteiger partial charge in [0.15, 0.2) is 0 Å². The summed E-state index contributed by atoms with van der Waals surface area (Å²) >= 11 is 0. The van der Waals surface area contributed by atoms with Crippen LogP contribution in [0.15, 0.2) is 96.3 Å². The highest BCUT2D eigenvalue weighted by molar-refractivity contribution is 6.04. The molecule has 0 spiro atoms. The predicted octanol–water partition coefficient (Wildman–Crippen LogP) is 3.57. The first kappa shape index (κ1) is 25.6. The van der Waals surface area contributed by atoms with E-state index in [1.54, 1.807) is 84.9 Å². The Bertz CT molecular complexity index is 1190. The first-order chi connectivity index (χ1) is 17.4. The molecule has 2 N–H and O–H groups in total. The molecular weight excluding hydrogens is 460 g/mol. The SMILES string of the molecule is COC(=O)C(=Cc1ccc(C=C(NC(=O)c2ccccc2)C(=O)OC)cc1)NC(=O)c1ccccc1. The van der Waals surface area contributed by atoms with Crippen LogP contribution in [-0.4, -0.2) is 38.0 Å². The zero-order chi connectivity index (χ0) is 25.9. The maximum absolute atomic E-state index is 12.5. The average Bonchev–Trinajstić information content (AvgIpc) is 2.93. The van der Waals surface area contributed by atoms with Gasteiger partial charge in [-0.1, -0.05) is 60.7 Å². The van der Waals surface area contributed by atoms with Crippen LogP contribution in [0, 0.1) is 0 Å². The smallest absolute Gasteiger partial charge is 0.354 e. The van der Waals surface area contributed by atoms with E-state index in [-0.39, 0.29) is 11.4 Å². The van der Waals surface area contributed by atoms with E-state index in [1.807, 2.05) is 0 Å². The highest BCUT2D eigenvalue weighted by Crippen LogP contribution is 2.13. The van der Waals surface area contributed by atoms with Gasteiger partial charge in [-0.25, -0.2) is 9.59 Å². The van der Waals surface area contributed by atoms with Crippen molar-refractivity contribution in [1.82, 2.24) is 10.6 Å². The summed E-state index contributed by atoms with van der Waals surface area (Å²) in [6.45, 7) is 0. The number of methoxy groups -OCH3 is 2. The molecule has 0 aliphatic rings. The van der Waals surface area contributed by atoms with E-state index in [4.69, 9.17) is 9.47 Å². The Labute approximate surface area is 208 Å². The van der Waals surface area contributed by atoms with Gasteiger partial charge >= 0.3 is 11.9 Å². The maximum atomic E-state index is 12.5. The molecule has 36 heavy (non-hydrogen) atoms. The van der Waals surface area contributed by atoms with Crippen molar-refractivity contribution >= 4 is 35.9 Å². The molecule has 8 heteroatoms. The number of ether oxygens (including phenoxy) is 2. The summed E-state index contributed by atoms with van der Waals surface area (Å²) in [4.78, 5) is 49.4. The van der Waals surface area contributed by atoms with E-state index < -0.39 is 23.8 Å². The summed E-state index contributed by atoms with van der Waals surface area (Å²) < 4.78 is 9.57. The van der Waals surface area contributed by atoms with Crippen LogP contribution in [-0.2, 0) is 19.1 Å². The van der Waals surface area contributed by atoms with Crippen LogP contribution in [0.2, 0.25) is 0 Å². The molecule has 0 heterocycles. The Hall–Kier alpha value is -4.98. The normalized spacial score (nSPS) is 11.3. The number of carbonyl (C=O) groups excluding carboxylic acids is 4. The third kappa shape index (κ3) is 7.01. The average molecular weight is 485 g/mol. The molecular formula is C28H24N2O6. The number of benzene rings is 3. The number of nitrogens with one attached hydrogen (secondary N) is 2. The summed E-state index contributed by atoms with van der Waals surface area (Å²) in [5, 5.41) is 5.13. The number of hydrogen-bond donors (Lipinski definition) is 2. The Morgan fingerprint density at radius 1 is 0.556 bits per heavy atom. The molecule has 0 aromatic heterocycles. The number of esters is 2. The van der Waals surface area contributed by atoms with Gasteiger partial charge < -0.3 is 20.1 Å². The Balaban J connectivity index is 1.82. The molecule has 0 saturated carbocycles. The topological polar surface area (TPSA) is 111 Å². The molecule has 3 aromatic rings. The van der Waals surface area contributed by atoms with Crippen molar-refractivity contribution in [2.24, 2.45) is 0 Å². The molecule has 0 bridgehead atoms. The van der Waals surface area contributed by atoms with Gasteiger partial charge in [-0.05, 0) is 47.5 Å². The Morgan fingerprint density at radius 2 is 0.889 bits per heavy atom. The number of amides is 2.